The average Bonchev–Trinajstić information content (AvgIpc) is 2.60. The summed E-state index contributed by atoms with van der Waals surface area (Å²) < 4.78 is 10.5. The van der Waals surface area contributed by atoms with Crippen molar-refractivity contribution >= 4 is 11.6 Å². The third kappa shape index (κ3) is 4.37. The van der Waals surface area contributed by atoms with Gasteiger partial charge in [0.25, 0.3) is 0 Å². The second-order valence-electron chi connectivity index (χ2n) is 4.82. The summed E-state index contributed by atoms with van der Waals surface area (Å²) in [5.74, 6) is 1.58. The molecule has 0 bridgehead atoms. The number of guanidine groups is 1. The van der Waals surface area contributed by atoms with Crippen molar-refractivity contribution in [1.82, 2.24) is 0 Å². The fraction of sp³-hybridized carbons (Fsp3) is 0.235. The second-order valence-corrected chi connectivity index (χ2v) is 4.82. The third-order valence-corrected chi connectivity index (χ3v) is 3.38. The quantitative estimate of drug-likeness (QED) is 0.561. The summed E-state index contributed by atoms with van der Waals surface area (Å²) in [6, 6.07) is 12.9. The van der Waals surface area contributed by atoms with Crippen molar-refractivity contribution in [3.8, 4) is 11.5 Å². The highest BCUT2D eigenvalue weighted by molar-refractivity contribution is 5.94. The molecule has 23 heavy (non-hydrogen) atoms. The number of aliphatic hydroxyl groups is 1. The van der Waals surface area contributed by atoms with Gasteiger partial charge in [-0.15, -0.1) is 0 Å². The lowest BCUT2D eigenvalue weighted by atomic mass is 10.1. The van der Waals surface area contributed by atoms with E-state index in [0.29, 0.717) is 23.7 Å². The first-order valence-electron chi connectivity index (χ1n) is 7.14. The Kier molecular flexibility index (Phi) is 5.82. The molecule has 6 heteroatoms. The van der Waals surface area contributed by atoms with E-state index in [1.54, 1.807) is 32.4 Å². The van der Waals surface area contributed by atoms with Crippen molar-refractivity contribution in [2.75, 3.05) is 19.5 Å². The SMILES string of the molecule is COc1ccc(OC)c(NC(N)=NCc2ccccc2CO)c1. The molecule has 0 atom stereocenters. The molecule has 0 radical (unpaired) electrons. The number of anilines is 1. The van der Waals surface area contributed by atoms with Gasteiger partial charge in [0.15, 0.2) is 5.96 Å². The van der Waals surface area contributed by atoms with Gasteiger partial charge >= 0.3 is 0 Å². The zero-order chi connectivity index (χ0) is 16.7. The summed E-state index contributed by atoms with van der Waals surface area (Å²) in [5.41, 5.74) is 8.37. The lowest BCUT2D eigenvalue weighted by Crippen LogP contribution is -2.23. The normalized spacial score (nSPS) is 11.2. The number of methoxy groups -OCH3 is 2. The molecule has 0 heterocycles. The van der Waals surface area contributed by atoms with E-state index in [2.05, 4.69) is 10.3 Å². The number of ether oxygens (including phenoxy) is 2. The van der Waals surface area contributed by atoms with E-state index >= 15 is 0 Å². The highest BCUT2D eigenvalue weighted by Crippen LogP contribution is 2.28. The lowest BCUT2D eigenvalue weighted by molar-refractivity contribution is 0.280. The van der Waals surface area contributed by atoms with Crippen LogP contribution in [0.4, 0.5) is 5.69 Å². The number of aliphatic hydroxyl groups excluding tert-OH is 1. The monoisotopic (exact) mass is 315 g/mol. The maximum Gasteiger partial charge on any atom is 0.193 e. The zero-order valence-corrected chi connectivity index (χ0v) is 13.2. The number of aliphatic imine (C=N–C) groups is 1. The predicted molar refractivity (Wildman–Crippen MR) is 90.9 cm³/mol. The van der Waals surface area contributed by atoms with Crippen LogP contribution in [0.2, 0.25) is 0 Å². The van der Waals surface area contributed by atoms with Crippen LogP contribution in [-0.4, -0.2) is 25.3 Å². The minimum Gasteiger partial charge on any atom is -0.497 e. The molecular formula is C17H21N3O3. The number of hydrogen-bond acceptors (Lipinski definition) is 4. The van der Waals surface area contributed by atoms with Crippen molar-refractivity contribution in [3.63, 3.8) is 0 Å². The van der Waals surface area contributed by atoms with Crippen molar-refractivity contribution < 1.29 is 14.6 Å². The molecular weight excluding hydrogens is 294 g/mol. The Labute approximate surface area is 135 Å². The molecule has 122 valence electrons. The number of rotatable bonds is 6. The van der Waals surface area contributed by atoms with E-state index in [-0.39, 0.29) is 12.6 Å². The van der Waals surface area contributed by atoms with Crippen LogP contribution in [0, 0.1) is 0 Å². The molecule has 0 amide bonds. The highest BCUT2D eigenvalue weighted by Gasteiger charge is 2.06. The molecule has 0 saturated carbocycles. The Balaban J connectivity index is 2.13. The summed E-state index contributed by atoms with van der Waals surface area (Å²) >= 11 is 0. The third-order valence-electron chi connectivity index (χ3n) is 3.38. The molecule has 0 saturated heterocycles. The fourth-order valence-corrected chi connectivity index (χ4v) is 2.13. The van der Waals surface area contributed by atoms with Crippen LogP contribution in [0.1, 0.15) is 11.1 Å². The van der Waals surface area contributed by atoms with Crippen LogP contribution in [0.25, 0.3) is 0 Å². The Morgan fingerprint density at radius 1 is 1.13 bits per heavy atom. The van der Waals surface area contributed by atoms with Gasteiger partial charge in [0.05, 0.1) is 33.1 Å². The first-order valence-corrected chi connectivity index (χ1v) is 7.14. The van der Waals surface area contributed by atoms with E-state index in [4.69, 9.17) is 15.2 Å². The van der Waals surface area contributed by atoms with Gasteiger partial charge in [-0.05, 0) is 23.3 Å². The molecule has 2 rings (SSSR count). The highest BCUT2D eigenvalue weighted by atomic mass is 16.5. The van der Waals surface area contributed by atoms with Crippen LogP contribution in [0.3, 0.4) is 0 Å². The Morgan fingerprint density at radius 3 is 2.52 bits per heavy atom. The number of nitrogens with two attached hydrogens (primary N) is 1. The molecule has 0 unspecified atom stereocenters. The zero-order valence-electron chi connectivity index (χ0n) is 13.2. The molecule has 0 aliphatic carbocycles. The van der Waals surface area contributed by atoms with Crippen LogP contribution in [0.5, 0.6) is 11.5 Å². The maximum absolute atomic E-state index is 9.32. The van der Waals surface area contributed by atoms with Gasteiger partial charge in [-0.2, -0.15) is 0 Å². The van der Waals surface area contributed by atoms with Gasteiger partial charge in [0.1, 0.15) is 11.5 Å². The van der Waals surface area contributed by atoms with Gasteiger partial charge in [-0.25, -0.2) is 4.99 Å². The van der Waals surface area contributed by atoms with E-state index in [0.717, 1.165) is 11.1 Å². The van der Waals surface area contributed by atoms with Crippen molar-refractivity contribution in [2.24, 2.45) is 10.7 Å². The van der Waals surface area contributed by atoms with Crippen LogP contribution < -0.4 is 20.5 Å². The van der Waals surface area contributed by atoms with Crippen LogP contribution >= 0.6 is 0 Å². The molecule has 2 aromatic rings. The van der Waals surface area contributed by atoms with Crippen molar-refractivity contribution in [2.45, 2.75) is 13.2 Å². The topological polar surface area (TPSA) is 89.1 Å². The van der Waals surface area contributed by atoms with E-state index in [9.17, 15) is 5.11 Å². The van der Waals surface area contributed by atoms with E-state index in [1.165, 1.54) is 0 Å². The molecule has 6 nitrogen and oxygen atoms in total. The Morgan fingerprint density at radius 2 is 1.87 bits per heavy atom. The van der Waals surface area contributed by atoms with Crippen LogP contribution in [0.15, 0.2) is 47.5 Å². The average molecular weight is 315 g/mol. The van der Waals surface area contributed by atoms with Gasteiger partial charge < -0.3 is 25.6 Å². The number of benzene rings is 2. The fourth-order valence-electron chi connectivity index (χ4n) is 2.13. The first kappa shape index (κ1) is 16.6. The summed E-state index contributed by atoms with van der Waals surface area (Å²) in [6.45, 7) is 0.352. The number of hydrogen-bond donors (Lipinski definition) is 3. The first-order chi connectivity index (χ1) is 11.2. The standard InChI is InChI=1S/C17H21N3O3/c1-22-14-7-8-16(23-2)15(9-14)20-17(18)19-10-12-5-3-4-6-13(12)11-21/h3-9,21H,10-11H2,1-2H3,(H3,18,19,20). The molecule has 0 spiro atoms. The van der Waals surface area contributed by atoms with Gasteiger partial charge in [-0.3, -0.25) is 0 Å². The molecule has 0 aromatic heterocycles. The summed E-state index contributed by atoms with van der Waals surface area (Å²) in [5, 5.41) is 12.3. The van der Waals surface area contributed by atoms with Crippen molar-refractivity contribution in [3.05, 3.63) is 53.6 Å². The summed E-state index contributed by atoms with van der Waals surface area (Å²) in [6.07, 6.45) is 0. The van der Waals surface area contributed by atoms with Crippen LogP contribution in [-0.2, 0) is 13.2 Å². The van der Waals surface area contributed by atoms with Gasteiger partial charge in [0.2, 0.25) is 0 Å². The smallest absolute Gasteiger partial charge is 0.193 e. The predicted octanol–water partition coefficient (Wildman–Crippen LogP) is 2.12. The van der Waals surface area contributed by atoms with E-state index < -0.39 is 0 Å². The molecule has 4 N–H and O–H groups in total. The molecule has 0 aliphatic rings. The number of nitrogens with zero attached hydrogens (tertiary/aromatic N) is 1. The largest absolute Gasteiger partial charge is 0.497 e. The second kappa shape index (κ2) is 8.05. The number of nitrogens with one attached hydrogen (secondary N) is 1. The maximum atomic E-state index is 9.32. The Bertz CT molecular complexity index is 687. The lowest BCUT2D eigenvalue weighted by Gasteiger charge is -2.12. The summed E-state index contributed by atoms with van der Waals surface area (Å²) in [7, 11) is 3.17. The van der Waals surface area contributed by atoms with Gasteiger partial charge in [-0.1, -0.05) is 24.3 Å². The minimum atomic E-state index is -0.0251. The molecule has 0 aliphatic heterocycles. The van der Waals surface area contributed by atoms with Gasteiger partial charge in [0, 0.05) is 6.07 Å². The van der Waals surface area contributed by atoms with E-state index in [1.807, 2.05) is 24.3 Å². The minimum absolute atomic E-state index is 0.0251. The molecule has 0 fully saturated rings. The van der Waals surface area contributed by atoms with Crippen molar-refractivity contribution in [1.29, 1.82) is 0 Å². The Hall–Kier alpha value is -2.73. The summed E-state index contributed by atoms with van der Waals surface area (Å²) in [4.78, 5) is 4.31. The molecule has 2 aromatic carbocycles.